The number of ether oxygens (including phenoxy) is 1. The van der Waals surface area contributed by atoms with Gasteiger partial charge in [0.1, 0.15) is 0 Å². The number of nitrogens with one attached hydrogen (secondary N) is 1. The van der Waals surface area contributed by atoms with Gasteiger partial charge in [0.25, 0.3) is 0 Å². The molecule has 2 heterocycles. The molecule has 0 spiro atoms. The van der Waals surface area contributed by atoms with Crippen molar-refractivity contribution < 1.29 is 9.53 Å². The third kappa shape index (κ3) is 4.95. The maximum Gasteiger partial charge on any atom is 0.240 e. The number of benzene rings is 1. The van der Waals surface area contributed by atoms with E-state index in [0.717, 1.165) is 11.3 Å². The molecule has 8 heteroatoms. The molecule has 6 nitrogen and oxygen atoms in total. The van der Waals surface area contributed by atoms with Gasteiger partial charge in [0.05, 0.1) is 17.9 Å². The quantitative estimate of drug-likeness (QED) is 0.844. The number of imidazole rings is 1. The number of carbonyl (C=O) groups excluding carboxylic acids is 1. The van der Waals surface area contributed by atoms with Crippen molar-refractivity contribution in [1.29, 1.82) is 0 Å². The van der Waals surface area contributed by atoms with Gasteiger partial charge in [-0.3, -0.25) is 4.79 Å². The summed E-state index contributed by atoms with van der Waals surface area (Å²) in [5.74, 6) is -0.110. The standard InChI is InChI=1S/C17H22N4O2.2ClH/c1-13(20-16(22)17(18)5-9-23-10-6-17)14-3-2-4-15(11-14)21-8-7-19-12-21;;/h2-4,7-8,11-13H,5-6,9-10,18H2,1H3,(H,20,22);2*1H. The lowest BCUT2D eigenvalue weighted by molar-refractivity contribution is -0.130. The zero-order chi connectivity index (χ0) is 16.3. The lowest BCUT2D eigenvalue weighted by atomic mass is 9.90. The summed E-state index contributed by atoms with van der Waals surface area (Å²) in [6.07, 6.45) is 6.49. The third-order valence-electron chi connectivity index (χ3n) is 4.36. The first-order valence-electron chi connectivity index (χ1n) is 7.84. The van der Waals surface area contributed by atoms with Crippen LogP contribution in [0.15, 0.2) is 43.0 Å². The molecule has 1 aromatic heterocycles. The van der Waals surface area contributed by atoms with Crippen LogP contribution < -0.4 is 11.1 Å². The predicted molar refractivity (Wildman–Crippen MR) is 102 cm³/mol. The largest absolute Gasteiger partial charge is 0.381 e. The van der Waals surface area contributed by atoms with E-state index in [4.69, 9.17) is 10.5 Å². The molecule has 1 aromatic carbocycles. The second-order valence-electron chi connectivity index (χ2n) is 6.03. The lowest BCUT2D eigenvalue weighted by Gasteiger charge is -2.33. The smallest absolute Gasteiger partial charge is 0.240 e. The average molecular weight is 387 g/mol. The van der Waals surface area contributed by atoms with Crippen molar-refractivity contribution in [3.63, 3.8) is 0 Å². The van der Waals surface area contributed by atoms with Crippen LogP contribution in [-0.2, 0) is 9.53 Å². The summed E-state index contributed by atoms with van der Waals surface area (Å²) < 4.78 is 7.22. The van der Waals surface area contributed by atoms with E-state index in [1.165, 1.54) is 0 Å². The fourth-order valence-electron chi connectivity index (χ4n) is 2.75. The van der Waals surface area contributed by atoms with Crippen LogP contribution in [0.2, 0.25) is 0 Å². The van der Waals surface area contributed by atoms with E-state index < -0.39 is 5.54 Å². The Morgan fingerprint density at radius 2 is 2.08 bits per heavy atom. The van der Waals surface area contributed by atoms with Crippen LogP contribution in [0.5, 0.6) is 0 Å². The molecule has 1 unspecified atom stereocenters. The number of aromatic nitrogens is 2. The van der Waals surface area contributed by atoms with Gasteiger partial charge in [-0.05, 0) is 37.5 Å². The molecule has 3 N–H and O–H groups in total. The number of halogens is 2. The van der Waals surface area contributed by atoms with Gasteiger partial charge in [-0.25, -0.2) is 4.98 Å². The Morgan fingerprint density at radius 1 is 1.36 bits per heavy atom. The monoisotopic (exact) mass is 386 g/mol. The zero-order valence-electron chi connectivity index (χ0n) is 14.1. The first kappa shape index (κ1) is 21.4. The molecule has 1 fully saturated rings. The van der Waals surface area contributed by atoms with Crippen molar-refractivity contribution in [2.24, 2.45) is 5.73 Å². The summed E-state index contributed by atoms with van der Waals surface area (Å²) in [4.78, 5) is 16.6. The van der Waals surface area contributed by atoms with E-state index in [2.05, 4.69) is 10.3 Å². The highest BCUT2D eigenvalue weighted by Crippen LogP contribution is 2.21. The number of carbonyl (C=O) groups is 1. The van der Waals surface area contributed by atoms with Gasteiger partial charge in [0.2, 0.25) is 5.91 Å². The topological polar surface area (TPSA) is 82.2 Å². The van der Waals surface area contributed by atoms with Crippen molar-refractivity contribution in [2.75, 3.05) is 13.2 Å². The fourth-order valence-corrected chi connectivity index (χ4v) is 2.75. The molecule has 1 amide bonds. The van der Waals surface area contributed by atoms with Crippen LogP contribution >= 0.6 is 24.8 Å². The van der Waals surface area contributed by atoms with Gasteiger partial charge in [0, 0.05) is 31.3 Å². The highest BCUT2D eigenvalue weighted by Gasteiger charge is 2.36. The minimum Gasteiger partial charge on any atom is -0.381 e. The summed E-state index contributed by atoms with van der Waals surface area (Å²) in [6.45, 7) is 3.04. The second-order valence-corrected chi connectivity index (χ2v) is 6.03. The summed E-state index contributed by atoms with van der Waals surface area (Å²) in [7, 11) is 0. The Balaban J connectivity index is 0.00000156. The number of hydrogen-bond acceptors (Lipinski definition) is 4. The molecule has 1 atom stereocenters. The second kappa shape index (κ2) is 9.20. The van der Waals surface area contributed by atoms with Crippen molar-refractivity contribution >= 4 is 30.7 Å². The Hall–Kier alpha value is -1.60. The highest BCUT2D eigenvalue weighted by atomic mass is 35.5. The molecular weight excluding hydrogens is 363 g/mol. The molecule has 0 bridgehead atoms. The Bertz CT molecular complexity index is 673. The average Bonchev–Trinajstić information content (AvgIpc) is 3.10. The first-order valence-corrected chi connectivity index (χ1v) is 7.84. The van der Waals surface area contributed by atoms with Gasteiger partial charge in [0.15, 0.2) is 0 Å². The highest BCUT2D eigenvalue weighted by molar-refractivity contribution is 5.86. The van der Waals surface area contributed by atoms with E-state index in [1.54, 1.807) is 12.5 Å². The van der Waals surface area contributed by atoms with Crippen LogP contribution in [0.4, 0.5) is 0 Å². The van der Waals surface area contributed by atoms with E-state index in [1.807, 2.05) is 42.0 Å². The van der Waals surface area contributed by atoms with E-state index in [-0.39, 0.29) is 36.8 Å². The molecule has 1 aliphatic heterocycles. The van der Waals surface area contributed by atoms with E-state index in [0.29, 0.717) is 26.1 Å². The molecule has 1 saturated heterocycles. The molecule has 0 aliphatic carbocycles. The normalized spacial score (nSPS) is 16.9. The van der Waals surface area contributed by atoms with Gasteiger partial charge < -0.3 is 20.4 Å². The van der Waals surface area contributed by atoms with Crippen molar-refractivity contribution in [1.82, 2.24) is 14.9 Å². The zero-order valence-corrected chi connectivity index (χ0v) is 15.7. The van der Waals surface area contributed by atoms with E-state index in [9.17, 15) is 4.79 Å². The van der Waals surface area contributed by atoms with Crippen molar-refractivity contribution in [3.8, 4) is 5.69 Å². The van der Waals surface area contributed by atoms with Gasteiger partial charge >= 0.3 is 0 Å². The lowest BCUT2D eigenvalue weighted by Crippen LogP contribution is -2.57. The van der Waals surface area contributed by atoms with Crippen LogP contribution in [0.25, 0.3) is 5.69 Å². The minimum atomic E-state index is -0.825. The number of amides is 1. The molecule has 0 radical (unpaired) electrons. The number of nitrogens with zero attached hydrogens (tertiary/aromatic N) is 2. The summed E-state index contributed by atoms with van der Waals surface area (Å²) in [6, 6.07) is 7.90. The SMILES string of the molecule is CC(NC(=O)C1(N)CCOCC1)c1cccc(-n2ccnc2)c1.Cl.Cl. The minimum absolute atomic E-state index is 0. The van der Waals surface area contributed by atoms with Crippen LogP contribution in [0.3, 0.4) is 0 Å². The molecular formula is C17H24Cl2N4O2. The van der Waals surface area contributed by atoms with E-state index >= 15 is 0 Å². The molecule has 0 saturated carbocycles. The molecule has 1 aliphatic rings. The van der Waals surface area contributed by atoms with Crippen molar-refractivity contribution in [2.45, 2.75) is 31.3 Å². The third-order valence-corrected chi connectivity index (χ3v) is 4.36. The Morgan fingerprint density at radius 3 is 2.72 bits per heavy atom. The number of rotatable bonds is 4. The maximum absolute atomic E-state index is 12.5. The molecule has 2 aromatic rings. The van der Waals surface area contributed by atoms with Crippen LogP contribution in [-0.4, -0.2) is 34.2 Å². The fraction of sp³-hybridized carbons (Fsp3) is 0.412. The summed E-state index contributed by atoms with van der Waals surface area (Å²) >= 11 is 0. The first-order chi connectivity index (χ1) is 11.1. The van der Waals surface area contributed by atoms with Crippen molar-refractivity contribution in [3.05, 3.63) is 48.5 Å². The molecule has 138 valence electrons. The Labute approximate surface area is 160 Å². The maximum atomic E-state index is 12.5. The summed E-state index contributed by atoms with van der Waals surface area (Å²) in [5.41, 5.74) is 7.44. The molecule has 25 heavy (non-hydrogen) atoms. The molecule has 3 rings (SSSR count). The van der Waals surface area contributed by atoms with Gasteiger partial charge in [-0.1, -0.05) is 12.1 Å². The Kier molecular flexibility index (Phi) is 7.89. The predicted octanol–water partition coefficient (Wildman–Crippen LogP) is 2.40. The summed E-state index contributed by atoms with van der Waals surface area (Å²) in [5, 5.41) is 3.03. The number of nitrogens with two attached hydrogens (primary N) is 1. The number of hydrogen-bond donors (Lipinski definition) is 2. The van der Waals surface area contributed by atoms with Gasteiger partial charge in [-0.15, -0.1) is 24.8 Å². The van der Waals surface area contributed by atoms with Crippen LogP contribution in [0.1, 0.15) is 31.4 Å². The van der Waals surface area contributed by atoms with Gasteiger partial charge in [-0.2, -0.15) is 0 Å². The van der Waals surface area contributed by atoms with Crippen LogP contribution in [0, 0.1) is 0 Å².